The second-order valence-electron chi connectivity index (χ2n) is 4.56. The molecule has 0 atom stereocenters. The average Bonchev–Trinajstić information content (AvgIpc) is 2.63. The van der Waals surface area contributed by atoms with Crippen LogP contribution in [0, 0.1) is 0 Å². The third kappa shape index (κ3) is 5.68. The number of nitrogens with two attached hydrogens (primary N) is 1. The van der Waals surface area contributed by atoms with Crippen molar-refractivity contribution in [3.63, 3.8) is 0 Å². The highest BCUT2D eigenvalue weighted by molar-refractivity contribution is 14.0. The quantitative estimate of drug-likeness (QED) is 0.445. The van der Waals surface area contributed by atoms with Crippen LogP contribution in [0.5, 0.6) is 0 Å². The topological polar surface area (TPSA) is 59.4 Å². The molecule has 19 heavy (non-hydrogen) atoms. The Morgan fingerprint density at radius 2 is 2.00 bits per heavy atom. The first-order chi connectivity index (χ1) is 8.75. The molecular formula is C12H21BrIN5. The summed E-state index contributed by atoms with van der Waals surface area (Å²) < 4.78 is 2.86. The van der Waals surface area contributed by atoms with Gasteiger partial charge in [0.15, 0.2) is 5.96 Å². The molecule has 0 aliphatic carbocycles. The van der Waals surface area contributed by atoms with Crippen LogP contribution in [0.3, 0.4) is 0 Å². The molecule has 0 bridgehead atoms. The lowest BCUT2D eigenvalue weighted by Gasteiger charge is -2.21. The van der Waals surface area contributed by atoms with Crippen LogP contribution in [0.15, 0.2) is 21.9 Å². The third-order valence-electron chi connectivity index (χ3n) is 3.13. The number of guanidine groups is 1. The number of hydrogen-bond donors (Lipinski definition) is 1. The Labute approximate surface area is 139 Å². The standard InChI is InChI=1S/C12H20BrN5.HI/c13-11-9-16-18(10-11)8-5-15-12(14)17-6-3-1-2-4-7-17;/h9-10H,1-8H2,(H2,14,15);1H. The summed E-state index contributed by atoms with van der Waals surface area (Å²) in [6.45, 7) is 3.53. The minimum absolute atomic E-state index is 0. The number of hydrogen-bond acceptors (Lipinski definition) is 2. The maximum absolute atomic E-state index is 6.02. The number of aliphatic imine (C=N–C) groups is 1. The van der Waals surface area contributed by atoms with Crippen LogP contribution in [0.25, 0.3) is 0 Å². The lowest BCUT2D eigenvalue weighted by Crippen LogP contribution is -2.38. The Bertz CT molecular complexity index is 399. The van der Waals surface area contributed by atoms with E-state index in [2.05, 4.69) is 30.9 Å². The predicted octanol–water partition coefficient (Wildman–Crippen LogP) is 2.45. The first-order valence-electron chi connectivity index (χ1n) is 6.48. The summed E-state index contributed by atoms with van der Waals surface area (Å²) in [5.41, 5.74) is 6.02. The molecule has 0 spiro atoms. The Balaban J connectivity index is 0.00000180. The number of halogens is 2. The minimum Gasteiger partial charge on any atom is -0.370 e. The molecule has 5 nitrogen and oxygen atoms in total. The number of rotatable bonds is 3. The summed E-state index contributed by atoms with van der Waals surface area (Å²) in [5.74, 6) is 0.683. The van der Waals surface area contributed by atoms with E-state index in [9.17, 15) is 0 Å². The van der Waals surface area contributed by atoms with Crippen molar-refractivity contribution in [2.75, 3.05) is 19.6 Å². The van der Waals surface area contributed by atoms with Gasteiger partial charge in [-0.1, -0.05) is 12.8 Å². The molecule has 0 saturated carbocycles. The fourth-order valence-electron chi connectivity index (χ4n) is 2.13. The summed E-state index contributed by atoms with van der Waals surface area (Å²) in [7, 11) is 0. The molecule has 1 fully saturated rings. The van der Waals surface area contributed by atoms with Gasteiger partial charge in [0.2, 0.25) is 0 Å². The molecule has 2 N–H and O–H groups in total. The summed E-state index contributed by atoms with van der Waals surface area (Å²) in [5, 5.41) is 4.19. The smallest absolute Gasteiger partial charge is 0.191 e. The van der Waals surface area contributed by atoms with Gasteiger partial charge in [-0.15, -0.1) is 24.0 Å². The van der Waals surface area contributed by atoms with Crippen molar-refractivity contribution in [3.8, 4) is 0 Å². The number of aromatic nitrogens is 2. The maximum Gasteiger partial charge on any atom is 0.191 e. The van der Waals surface area contributed by atoms with E-state index in [-0.39, 0.29) is 24.0 Å². The molecule has 1 aliphatic heterocycles. The fraction of sp³-hybridized carbons (Fsp3) is 0.667. The van der Waals surface area contributed by atoms with Crippen molar-refractivity contribution in [1.29, 1.82) is 0 Å². The Morgan fingerprint density at radius 3 is 2.58 bits per heavy atom. The van der Waals surface area contributed by atoms with E-state index in [4.69, 9.17) is 5.73 Å². The van der Waals surface area contributed by atoms with E-state index in [1.54, 1.807) is 6.20 Å². The molecule has 0 aromatic carbocycles. The molecule has 2 heterocycles. The normalized spacial score (nSPS) is 16.9. The van der Waals surface area contributed by atoms with Gasteiger partial charge >= 0.3 is 0 Å². The highest BCUT2D eigenvalue weighted by atomic mass is 127. The van der Waals surface area contributed by atoms with Crippen molar-refractivity contribution in [1.82, 2.24) is 14.7 Å². The molecule has 0 unspecified atom stereocenters. The van der Waals surface area contributed by atoms with Crippen molar-refractivity contribution >= 4 is 45.9 Å². The number of likely N-dealkylation sites (tertiary alicyclic amines) is 1. The van der Waals surface area contributed by atoms with Crippen molar-refractivity contribution < 1.29 is 0 Å². The van der Waals surface area contributed by atoms with E-state index < -0.39 is 0 Å². The van der Waals surface area contributed by atoms with E-state index in [0.717, 1.165) is 24.1 Å². The minimum atomic E-state index is 0. The molecule has 1 aromatic rings. The summed E-state index contributed by atoms with van der Waals surface area (Å²) in [6, 6.07) is 0. The van der Waals surface area contributed by atoms with Crippen LogP contribution in [-0.4, -0.2) is 40.3 Å². The van der Waals surface area contributed by atoms with Crippen molar-refractivity contribution in [2.45, 2.75) is 32.2 Å². The van der Waals surface area contributed by atoms with Crippen LogP contribution in [-0.2, 0) is 6.54 Å². The second kappa shape index (κ2) is 8.78. The van der Waals surface area contributed by atoms with Gasteiger partial charge in [-0.2, -0.15) is 5.10 Å². The maximum atomic E-state index is 6.02. The molecule has 0 amide bonds. The van der Waals surface area contributed by atoms with Crippen LogP contribution < -0.4 is 5.73 Å². The molecule has 1 aromatic heterocycles. The van der Waals surface area contributed by atoms with Gasteiger partial charge < -0.3 is 10.6 Å². The Kier molecular flexibility index (Phi) is 7.74. The molecular weight excluding hydrogens is 421 g/mol. The van der Waals surface area contributed by atoms with Crippen molar-refractivity contribution in [2.24, 2.45) is 10.7 Å². The lowest BCUT2D eigenvalue weighted by molar-refractivity contribution is 0.427. The van der Waals surface area contributed by atoms with Gasteiger partial charge in [-0.3, -0.25) is 9.67 Å². The zero-order chi connectivity index (χ0) is 12.8. The van der Waals surface area contributed by atoms with Gasteiger partial charge in [0.25, 0.3) is 0 Å². The number of nitrogens with zero attached hydrogens (tertiary/aromatic N) is 4. The average molecular weight is 442 g/mol. The molecule has 7 heteroatoms. The second-order valence-corrected chi connectivity index (χ2v) is 5.48. The largest absolute Gasteiger partial charge is 0.370 e. The van der Waals surface area contributed by atoms with E-state index in [0.29, 0.717) is 12.5 Å². The van der Waals surface area contributed by atoms with Crippen LogP contribution in [0.2, 0.25) is 0 Å². The van der Waals surface area contributed by atoms with E-state index in [1.807, 2.05) is 10.9 Å². The van der Waals surface area contributed by atoms with Gasteiger partial charge in [0, 0.05) is 19.3 Å². The summed E-state index contributed by atoms with van der Waals surface area (Å²) in [6.07, 6.45) is 8.79. The van der Waals surface area contributed by atoms with Gasteiger partial charge in [-0.05, 0) is 28.8 Å². The van der Waals surface area contributed by atoms with Crippen LogP contribution >= 0.6 is 39.9 Å². The molecule has 0 radical (unpaired) electrons. The monoisotopic (exact) mass is 441 g/mol. The predicted molar refractivity (Wildman–Crippen MR) is 91.9 cm³/mol. The molecule has 1 aliphatic rings. The van der Waals surface area contributed by atoms with Gasteiger partial charge in [0.1, 0.15) is 0 Å². The molecule has 2 rings (SSSR count). The summed E-state index contributed by atoms with van der Waals surface area (Å²) in [4.78, 5) is 6.64. The first-order valence-corrected chi connectivity index (χ1v) is 7.28. The zero-order valence-corrected chi connectivity index (χ0v) is 14.9. The first kappa shape index (κ1) is 16.7. The Morgan fingerprint density at radius 1 is 1.32 bits per heavy atom. The van der Waals surface area contributed by atoms with Gasteiger partial charge in [-0.25, -0.2) is 0 Å². The molecule has 108 valence electrons. The molecule has 1 saturated heterocycles. The highest BCUT2D eigenvalue weighted by Gasteiger charge is 2.10. The third-order valence-corrected chi connectivity index (χ3v) is 3.54. The van der Waals surface area contributed by atoms with Crippen LogP contribution in [0.4, 0.5) is 0 Å². The fourth-order valence-corrected chi connectivity index (χ4v) is 2.46. The lowest BCUT2D eigenvalue weighted by atomic mass is 10.2. The van der Waals surface area contributed by atoms with Crippen LogP contribution in [0.1, 0.15) is 25.7 Å². The summed E-state index contributed by atoms with van der Waals surface area (Å²) >= 11 is 3.37. The zero-order valence-electron chi connectivity index (χ0n) is 11.0. The van der Waals surface area contributed by atoms with E-state index in [1.165, 1.54) is 25.7 Å². The van der Waals surface area contributed by atoms with E-state index >= 15 is 0 Å². The van der Waals surface area contributed by atoms with Crippen molar-refractivity contribution in [3.05, 3.63) is 16.9 Å². The highest BCUT2D eigenvalue weighted by Crippen LogP contribution is 2.09. The SMILES string of the molecule is I.NC(=NCCn1cc(Br)cn1)N1CCCCCC1. The Hall–Kier alpha value is -0.310. The van der Waals surface area contributed by atoms with Gasteiger partial charge in [0.05, 0.1) is 23.8 Å².